The van der Waals surface area contributed by atoms with E-state index in [1.165, 1.54) is 12.1 Å². The van der Waals surface area contributed by atoms with E-state index in [-0.39, 0.29) is 30.8 Å². The number of ether oxygens (including phenoxy) is 2. The lowest BCUT2D eigenvalue weighted by Crippen LogP contribution is -2.28. The van der Waals surface area contributed by atoms with Crippen LogP contribution in [0.5, 0.6) is 11.5 Å². The average molecular weight is 356 g/mol. The van der Waals surface area contributed by atoms with Gasteiger partial charge in [-0.3, -0.25) is 9.59 Å². The highest BCUT2D eigenvalue weighted by atomic mass is 19.1. The SMILES string of the molecule is O=C(Nc1ccc2c(c1)OCO2)C1CC(=O)N(Cc2ccc(F)cc2)C1. The number of halogens is 1. The molecule has 1 fully saturated rings. The van der Waals surface area contributed by atoms with Crippen LogP contribution in [-0.4, -0.2) is 30.1 Å². The Balaban J connectivity index is 1.38. The number of benzene rings is 2. The van der Waals surface area contributed by atoms with Gasteiger partial charge in [-0.2, -0.15) is 0 Å². The molecule has 4 rings (SSSR count). The van der Waals surface area contributed by atoms with Gasteiger partial charge in [-0.1, -0.05) is 12.1 Å². The van der Waals surface area contributed by atoms with Crippen molar-refractivity contribution in [3.05, 3.63) is 53.8 Å². The molecular formula is C19H17FN2O4. The van der Waals surface area contributed by atoms with Gasteiger partial charge in [0.15, 0.2) is 11.5 Å². The Morgan fingerprint density at radius 3 is 2.73 bits per heavy atom. The van der Waals surface area contributed by atoms with E-state index in [4.69, 9.17) is 9.47 Å². The van der Waals surface area contributed by atoms with Crippen molar-refractivity contribution in [2.45, 2.75) is 13.0 Å². The predicted octanol–water partition coefficient (Wildman–Crippen LogP) is 2.54. The number of carbonyl (C=O) groups excluding carboxylic acids is 2. The van der Waals surface area contributed by atoms with Gasteiger partial charge < -0.3 is 19.7 Å². The second-order valence-electron chi connectivity index (χ2n) is 6.36. The first kappa shape index (κ1) is 16.4. The van der Waals surface area contributed by atoms with Crippen molar-refractivity contribution in [2.24, 2.45) is 5.92 Å². The van der Waals surface area contributed by atoms with Crippen LogP contribution in [0.25, 0.3) is 0 Å². The minimum atomic E-state index is -0.423. The monoisotopic (exact) mass is 356 g/mol. The topological polar surface area (TPSA) is 67.9 Å². The zero-order valence-corrected chi connectivity index (χ0v) is 13.9. The maximum absolute atomic E-state index is 13.0. The molecule has 134 valence electrons. The van der Waals surface area contributed by atoms with E-state index in [1.54, 1.807) is 35.2 Å². The molecule has 2 aliphatic rings. The number of hydrogen-bond donors (Lipinski definition) is 1. The molecule has 2 aliphatic heterocycles. The summed E-state index contributed by atoms with van der Waals surface area (Å²) in [5.74, 6) is 0.197. The van der Waals surface area contributed by atoms with E-state index in [0.29, 0.717) is 30.3 Å². The van der Waals surface area contributed by atoms with Gasteiger partial charge in [-0.05, 0) is 29.8 Å². The molecule has 2 heterocycles. The van der Waals surface area contributed by atoms with Crippen molar-refractivity contribution < 1.29 is 23.5 Å². The highest BCUT2D eigenvalue weighted by Crippen LogP contribution is 2.34. The van der Waals surface area contributed by atoms with Gasteiger partial charge >= 0.3 is 0 Å². The van der Waals surface area contributed by atoms with E-state index < -0.39 is 5.92 Å². The molecule has 0 radical (unpaired) electrons. The molecule has 6 nitrogen and oxygen atoms in total. The van der Waals surface area contributed by atoms with E-state index in [1.807, 2.05) is 0 Å². The molecule has 26 heavy (non-hydrogen) atoms. The number of hydrogen-bond acceptors (Lipinski definition) is 4. The molecule has 2 aromatic carbocycles. The Bertz CT molecular complexity index is 853. The first-order valence-electron chi connectivity index (χ1n) is 8.31. The maximum atomic E-state index is 13.0. The Hall–Kier alpha value is -3.09. The molecule has 0 saturated carbocycles. The predicted molar refractivity (Wildman–Crippen MR) is 91.1 cm³/mol. The largest absolute Gasteiger partial charge is 0.454 e. The standard InChI is InChI=1S/C19H17FN2O4/c20-14-3-1-12(2-4-14)9-22-10-13(7-18(22)23)19(24)21-15-5-6-16-17(8-15)26-11-25-16/h1-6,8,13H,7,9-11H2,(H,21,24). The smallest absolute Gasteiger partial charge is 0.231 e. The summed E-state index contributed by atoms with van der Waals surface area (Å²) in [4.78, 5) is 26.3. The number of nitrogens with one attached hydrogen (secondary N) is 1. The molecule has 2 aromatic rings. The van der Waals surface area contributed by atoms with Gasteiger partial charge in [-0.25, -0.2) is 4.39 Å². The quantitative estimate of drug-likeness (QED) is 0.914. The number of anilines is 1. The van der Waals surface area contributed by atoms with Crippen molar-refractivity contribution in [3.63, 3.8) is 0 Å². The molecule has 2 amide bonds. The minimum Gasteiger partial charge on any atom is -0.454 e. The van der Waals surface area contributed by atoms with Crippen LogP contribution in [-0.2, 0) is 16.1 Å². The fourth-order valence-electron chi connectivity index (χ4n) is 3.13. The summed E-state index contributed by atoms with van der Waals surface area (Å²) in [6.07, 6.45) is 0.164. The van der Waals surface area contributed by atoms with E-state index >= 15 is 0 Å². The van der Waals surface area contributed by atoms with E-state index in [2.05, 4.69) is 5.32 Å². The van der Waals surface area contributed by atoms with Crippen LogP contribution in [0.2, 0.25) is 0 Å². The third-order valence-corrected chi connectivity index (χ3v) is 4.51. The van der Waals surface area contributed by atoms with Crippen LogP contribution >= 0.6 is 0 Å². The third-order valence-electron chi connectivity index (χ3n) is 4.51. The van der Waals surface area contributed by atoms with Crippen LogP contribution in [0.3, 0.4) is 0 Å². The maximum Gasteiger partial charge on any atom is 0.231 e. The molecule has 1 unspecified atom stereocenters. The van der Waals surface area contributed by atoms with Gasteiger partial charge in [0, 0.05) is 31.3 Å². The summed E-state index contributed by atoms with van der Waals surface area (Å²) < 4.78 is 23.5. The van der Waals surface area contributed by atoms with Crippen LogP contribution in [0.15, 0.2) is 42.5 Å². The lowest BCUT2D eigenvalue weighted by molar-refractivity contribution is -0.128. The highest BCUT2D eigenvalue weighted by molar-refractivity contribution is 5.97. The van der Waals surface area contributed by atoms with Crippen LogP contribution < -0.4 is 14.8 Å². The van der Waals surface area contributed by atoms with Gasteiger partial charge in [-0.15, -0.1) is 0 Å². The number of carbonyl (C=O) groups is 2. The molecule has 7 heteroatoms. The van der Waals surface area contributed by atoms with Crippen LogP contribution in [0.4, 0.5) is 10.1 Å². The van der Waals surface area contributed by atoms with Crippen molar-refractivity contribution in [3.8, 4) is 11.5 Å². The molecule has 0 aliphatic carbocycles. The Morgan fingerprint density at radius 2 is 1.92 bits per heavy atom. The summed E-state index contributed by atoms with van der Waals surface area (Å²) in [5, 5.41) is 2.82. The number of nitrogens with zero attached hydrogens (tertiary/aromatic N) is 1. The molecule has 0 spiro atoms. The third kappa shape index (κ3) is 3.33. The summed E-state index contributed by atoms with van der Waals surface area (Å²) in [6, 6.07) is 11.2. The molecular weight excluding hydrogens is 339 g/mol. The number of rotatable bonds is 4. The van der Waals surface area contributed by atoms with E-state index in [9.17, 15) is 14.0 Å². The van der Waals surface area contributed by atoms with Crippen molar-refractivity contribution in [2.75, 3.05) is 18.7 Å². The first-order chi connectivity index (χ1) is 12.6. The Morgan fingerprint density at radius 1 is 1.15 bits per heavy atom. The lowest BCUT2D eigenvalue weighted by Gasteiger charge is -2.16. The Labute approximate surface area is 149 Å². The summed E-state index contributed by atoms with van der Waals surface area (Å²) >= 11 is 0. The van der Waals surface area contributed by atoms with Crippen molar-refractivity contribution in [1.29, 1.82) is 0 Å². The fraction of sp³-hybridized carbons (Fsp3) is 0.263. The zero-order valence-electron chi connectivity index (χ0n) is 13.9. The summed E-state index contributed by atoms with van der Waals surface area (Å²) in [7, 11) is 0. The van der Waals surface area contributed by atoms with E-state index in [0.717, 1.165) is 5.56 Å². The molecule has 0 aromatic heterocycles. The molecule has 0 bridgehead atoms. The van der Waals surface area contributed by atoms with Crippen LogP contribution in [0, 0.1) is 11.7 Å². The fourth-order valence-corrected chi connectivity index (χ4v) is 3.13. The Kier molecular flexibility index (Phi) is 4.20. The van der Waals surface area contributed by atoms with Crippen LogP contribution in [0.1, 0.15) is 12.0 Å². The first-order valence-corrected chi connectivity index (χ1v) is 8.31. The van der Waals surface area contributed by atoms with Gasteiger partial charge in [0.05, 0.1) is 5.92 Å². The second kappa shape index (κ2) is 6.67. The van der Waals surface area contributed by atoms with Crippen molar-refractivity contribution in [1.82, 2.24) is 4.90 Å². The van der Waals surface area contributed by atoms with Gasteiger partial charge in [0.1, 0.15) is 5.82 Å². The van der Waals surface area contributed by atoms with Gasteiger partial charge in [0.2, 0.25) is 18.6 Å². The van der Waals surface area contributed by atoms with Gasteiger partial charge in [0.25, 0.3) is 0 Å². The number of amides is 2. The molecule has 1 saturated heterocycles. The summed E-state index contributed by atoms with van der Waals surface area (Å²) in [6.45, 7) is 0.877. The number of fused-ring (bicyclic) bond motifs is 1. The zero-order chi connectivity index (χ0) is 18.1. The lowest BCUT2D eigenvalue weighted by atomic mass is 10.1. The minimum absolute atomic E-state index is 0.0832. The normalized spacial score (nSPS) is 18.3. The second-order valence-corrected chi connectivity index (χ2v) is 6.36. The average Bonchev–Trinajstić information content (AvgIpc) is 3.23. The molecule has 1 atom stereocenters. The van der Waals surface area contributed by atoms with Crippen molar-refractivity contribution >= 4 is 17.5 Å². The molecule has 1 N–H and O–H groups in total. The summed E-state index contributed by atoms with van der Waals surface area (Å²) in [5.41, 5.74) is 1.43. The highest BCUT2D eigenvalue weighted by Gasteiger charge is 2.34. The number of likely N-dealkylation sites (tertiary alicyclic amines) is 1.